The largest absolute Gasteiger partial charge is 0.393 e. The van der Waals surface area contributed by atoms with Gasteiger partial charge in [-0.25, -0.2) is 9.97 Å². The van der Waals surface area contributed by atoms with Gasteiger partial charge in [0, 0.05) is 25.1 Å². The molecule has 3 rings (SSSR count). The maximum atomic E-state index is 9.29. The topological polar surface area (TPSA) is 70.1 Å². The number of nitrogens with zero attached hydrogens (tertiary/aromatic N) is 2. The molecule has 5 heteroatoms. The Labute approximate surface area is 113 Å². The highest BCUT2D eigenvalue weighted by Crippen LogP contribution is 2.39. The first kappa shape index (κ1) is 12.7. The molecule has 0 unspecified atom stereocenters. The summed E-state index contributed by atoms with van der Waals surface area (Å²) in [6, 6.07) is 1.98. The summed E-state index contributed by atoms with van der Waals surface area (Å²) in [5.74, 6) is 3.93. The Hall–Kier alpha value is -1.36. The summed E-state index contributed by atoms with van der Waals surface area (Å²) < 4.78 is 0. The normalized spacial score (nSPS) is 25.8. The van der Waals surface area contributed by atoms with Crippen molar-refractivity contribution >= 4 is 11.6 Å². The predicted octanol–water partition coefficient (Wildman–Crippen LogP) is 1.97. The van der Waals surface area contributed by atoms with Crippen LogP contribution < -0.4 is 10.6 Å². The summed E-state index contributed by atoms with van der Waals surface area (Å²) in [6.45, 7) is 3.83. The molecule has 2 fully saturated rings. The van der Waals surface area contributed by atoms with E-state index in [4.69, 9.17) is 0 Å². The molecular formula is C14H22N4O. The summed E-state index contributed by atoms with van der Waals surface area (Å²) in [4.78, 5) is 9.16. The van der Waals surface area contributed by atoms with Crippen LogP contribution in [0.3, 0.4) is 0 Å². The fraction of sp³-hybridized carbons (Fsp3) is 0.714. The molecule has 1 aromatic heterocycles. The lowest BCUT2D eigenvalue weighted by atomic mass is 9.82. The van der Waals surface area contributed by atoms with Crippen molar-refractivity contribution in [2.45, 2.75) is 44.6 Å². The highest BCUT2D eigenvalue weighted by Gasteiger charge is 2.28. The molecular weight excluding hydrogens is 240 g/mol. The third-order valence-electron chi connectivity index (χ3n) is 3.83. The number of hydrogen-bond acceptors (Lipinski definition) is 5. The number of aromatic nitrogens is 2. The lowest BCUT2D eigenvalue weighted by molar-refractivity contribution is 0.0486. The highest BCUT2D eigenvalue weighted by atomic mass is 16.3. The van der Waals surface area contributed by atoms with Gasteiger partial charge in [0.15, 0.2) is 0 Å². The minimum atomic E-state index is -0.0865. The molecule has 5 nitrogen and oxygen atoms in total. The van der Waals surface area contributed by atoms with Crippen molar-refractivity contribution in [2.24, 2.45) is 5.92 Å². The van der Waals surface area contributed by atoms with E-state index in [9.17, 15) is 5.11 Å². The molecule has 0 radical (unpaired) electrons. The molecule has 3 N–H and O–H groups in total. The van der Waals surface area contributed by atoms with Crippen molar-refractivity contribution in [2.75, 3.05) is 23.7 Å². The number of aliphatic hydroxyl groups excluding tert-OH is 1. The van der Waals surface area contributed by atoms with Gasteiger partial charge >= 0.3 is 0 Å². The van der Waals surface area contributed by atoms with Crippen molar-refractivity contribution in [3.05, 3.63) is 11.9 Å². The summed E-state index contributed by atoms with van der Waals surface area (Å²) in [6.07, 6.45) is 4.16. The smallest absolute Gasteiger partial charge is 0.136 e. The van der Waals surface area contributed by atoms with E-state index in [2.05, 4.69) is 27.5 Å². The van der Waals surface area contributed by atoms with Gasteiger partial charge in [0.1, 0.15) is 17.5 Å². The summed E-state index contributed by atoms with van der Waals surface area (Å²) in [5.41, 5.74) is 0. The predicted molar refractivity (Wildman–Crippen MR) is 75.4 cm³/mol. The molecule has 19 heavy (non-hydrogen) atoms. The average Bonchev–Trinajstić information content (AvgIpc) is 3.17. The van der Waals surface area contributed by atoms with Gasteiger partial charge in [0.05, 0.1) is 6.10 Å². The number of rotatable bonds is 6. The second kappa shape index (κ2) is 5.33. The van der Waals surface area contributed by atoms with Gasteiger partial charge in [-0.15, -0.1) is 0 Å². The molecule has 2 aliphatic carbocycles. The lowest BCUT2D eigenvalue weighted by Crippen LogP contribution is -2.33. The van der Waals surface area contributed by atoms with Crippen LogP contribution in [0.5, 0.6) is 0 Å². The molecule has 104 valence electrons. The summed E-state index contributed by atoms with van der Waals surface area (Å²) >= 11 is 0. The molecule has 2 saturated carbocycles. The minimum absolute atomic E-state index is 0.0865. The van der Waals surface area contributed by atoms with E-state index in [-0.39, 0.29) is 6.10 Å². The van der Waals surface area contributed by atoms with Crippen LogP contribution in [0.2, 0.25) is 0 Å². The lowest BCUT2D eigenvalue weighted by Gasteiger charge is -2.31. The molecule has 0 atom stereocenters. The minimum Gasteiger partial charge on any atom is -0.393 e. The van der Waals surface area contributed by atoms with Gasteiger partial charge in [-0.1, -0.05) is 0 Å². The number of nitrogens with one attached hydrogen (secondary N) is 2. The van der Waals surface area contributed by atoms with E-state index in [0.29, 0.717) is 11.8 Å². The van der Waals surface area contributed by atoms with E-state index < -0.39 is 0 Å². The maximum absolute atomic E-state index is 9.29. The number of hydrogen-bond donors (Lipinski definition) is 3. The first-order valence-corrected chi connectivity index (χ1v) is 7.29. The quantitative estimate of drug-likeness (QED) is 0.731. The van der Waals surface area contributed by atoms with E-state index in [1.807, 2.05) is 6.07 Å². The van der Waals surface area contributed by atoms with Gasteiger partial charge in [0.2, 0.25) is 0 Å². The second-order valence-electron chi connectivity index (χ2n) is 5.67. The average molecular weight is 262 g/mol. The van der Waals surface area contributed by atoms with Gasteiger partial charge < -0.3 is 15.7 Å². The fourth-order valence-corrected chi connectivity index (χ4v) is 2.47. The zero-order valence-corrected chi connectivity index (χ0v) is 11.4. The standard InChI is InChI=1S/C14H22N4O/c1-2-15-12-7-13(16-8-9-5-11(19)6-9)18-14(17-12)10-3-4-10/h7,9-11,19H,2-6,8H2,1H3,(H2,15,16,17,18). The Kier molecular flexibility index (Phi) is 3.55. The Balaban J connectivity index is 1.64. The monoisotopic (exact) mass is 262 g/mol. The Morgan fingerprint density at radius 2 is 1.89 bits per heavy atom. The van der Waals surface area contributed by atoms with Crippen molar-refractivity contribution in [1.82, 2.24) is 9.97 Å². The van der Waals surface area contributed by atoms with Gasteiger partial charge in [-0.3, -0.25) is 0 Å². The zero-order valence-electron chi connectivity index (χ0n) is 11.4. The molecule has 1 heterocycles. The summed E-state index contributed by atoms with van der Waals surface area (Å²) in [7, 11) is 0. The third kappa shape index (κ3) is 3.15. The molecule has 0 spiro atoms. The molecule has 0 aromatic carbocycles. The Morgan fingerprint density at radius 1 is 1.21 bits per heavy atom. The van der Waals surface area contributed by atoms with Crippen LogP contribution in [0.25, 0.3) is 0 Å². The summed E-state index contributed by atoms with van der Waals surface area (Å²) in [5, 5.41) is 15.9. The highest BCUT2D eigenvalue weighted by molar-refractivity contribution is 5.48. The first-order valence-electron chi connectivity index (χ1n) is 7.29. The van der Waals surface area contributed by atoms with Crippen LogP contribution >= 0.6 is 0 Å². The molecule has 2 aliphatic rings. The Bertz CT molecular complexity index is 441. The Morgan fingerprint density at radius 3 is 2.47 bits per heavy atom. The SMILES string of the molecule is CCNc1cc(NCC2CC(O)C2)nc(C2CC2)n1. The van der Waals surface area contributed by atoms with Gasteiger partial charge in [-0.05, 0) is 38.5 Å². The van der Waals surface area contributed by atoms with Crippen LogP contribution in [0, 0.1) is 5.92 Å². The van der Waals surface area contributed by atoms with Crippen LogP contribution in [-0.2, 0) is 0 Å². The number of aliphatic hydroxyl groups is 1. The number of anilines is 2. The van der Waals surface area contributed by atoms with Crippen molar-refractivity contribution < 1.29 is 5.11 Å². The van der Waals surface area contributed by atoms with Crippen molar-refractivity contribution in [3.63, 3.8) is 0 Å². The van der Waals surface area contributed by atoms with E-state index in [1.165, 1.54) is 12.8 Å². The molecule has 0 saturated heterocycles. The van der Waals surface area contributed by atoms with E-state index in [1.54, 1.807) is 0 Å². The van der Waals surface area contributed by atoms with Crippen LogP contribution in [0.1, 0.15) is 44.3 Å². The van der Waals surface area contributed by atoms with Crippen LogP contribution in [-0.4, -0.2) is 34.3 Å². The third-order valence-corrected chi connectivity index (χ3v) is 3.83. The van der Waals surface area contributed by atoms with Crippen molar-refractivity contribution in [1.29, 1.82) is 0 Å². The fourth-order valence-electron chi connectivity index (χ4n) is 2.47. The molecule has 0 bridgehead atoms. The van der Waals surface area contributed by atoms with Crippen LogP contribution in [0.15, 0.2) is 6.07 Å². The zero-order chi connectivity index (χ0) is 13.2. The molecule has 1 aromatic rings. The molecule has 0 aliphatic heterocycles. The van der Waals surface area contributed by atoms with E-state index >= 15 is 0 Å². The molecule has 0 amide bonds. The van der Waals surface area contributed by atoms with Gasteiger partial charge in [0.25, 0.3) is 0 Å². The van der Waals surface area contributed by atoms with Gasteiger partial charge in [-0.2, -0.15) is 0 Å². The first-order chi connectivity index (χ1) is 9.24. The van der Waals surface area contributed by atoms with E-state index in [0.717, 1.165) is 43.4 Å². The second-order valence-corrected chi connectivity index (χ2v) is 5.67. The van der Waals surface area contributed by atoms with Crippen LogP contribution in [0.4, 0.5) is 11.6 Å². The maximum Gasteiger partial charge on any atom is 0.136 e. The van der Waals surface area contributed by atoms with Crippen molar-refractivity contribution in [3.8, 4) is 0 Å².